The first-order valence-corrected chi connectivity index (χ1v) is 6.26. The predicted molar refractivity (Wildman–Crippen MR) is 66.5 cm³/mol. The molecular formula is C12H20N2O5. The van der Waals surface area contributed by atoms with E-state index in [0.717, 1.165) is 0 Å². The molecule has 0 bridgehead atoms. The number of carbonyl (C=O) groups is 3. The fourth-order valence-corrected chi connectivity index (χ4v) is 2.17. The van der Waals surface area contributed by atoms with Gasteiger partial charge < -0.3 is 20.1 Å². The lowest BCUT2D eigenvalue weighted by Crippen LogP contribution is -2.53. The Bertz CT molecular complexity index is 369. The molecule has 0 aromatic rings. The molecule has 2 N–H and O–H groups in total. The smallest absolute Gasteiger partial charge is 0.407 e. The summed E-state index contributed by atoms with van der Waals surface area (Å²) in [6, 6.07) is -1.57. The SMILES string of the molecule is COC(=O)N[C@@H](C(=O)N1CCC[C@H]1C(=O)O)C(C)C. The zero-order valence-corrected chi connectivity index (χ0v) is 11.4. The monoisotopic (exact) mass is 272 g/mol. The van der Waals surface area contributed by atoms with Gasteiger partial charge in [0.15, 0.2) is 0 Å². The van der Waals surface area contributed by atoms with Gasteiger partial charge in [0.2, 0.25) is 5.91 Å². The van der Waals surface area contributed by atoms with Crippen LogP contribution in [-0.2, 0) is 14.3 Å². The van der Waals surface area contributed by atoms with Crippen LogP contribution < -0.4 is 5.32 Å². The zero-order valence-electron chi connectivity index (χ0n) is 11.4. The number of nitrogens with zero attached hydrogens (tertiary/aromatic N) is 1. The first-order chi connectivity index (χ1) is 8.88. The number of aliphatic carboxylic acids is 1. The fraction of sp³-hybridized carbons (Fsp3) is 0.750. The summed E-state index contributed by atoms with van der Waals surface area (Å²) in [7, 11) is 1.22. The van der Waals surface area contributed by atoms with Crippen molar-refractivity contribution in [1.29, 1.82) is 0 Å². The quantitative estimate of drug-likeness (QED) is 0.774. The number of rotatable bonds is 4. The summed E-state index contributed by atoms with van der Waals surface area (Å²) in [6.07, 6.45) is 0.411. The van der Waals surface area contributed by atoms with E-state index in [1.807, 2.05) is 0 Å². The van der Waals surface area contributed by atoms with Crippen LogP contribution in [0.1, 0.15) is 26.7 Å². The van der Waals surface area contributed by atoms with Gasteiger partial charge >= 0.3 is 12.1 Å². The second-order valence-electron chi connectivity index (χ2n) is 4.89. The summed E-state index contributed by atoms with van der Waals surface area (Å²) in [5, 5.41) is 11.5. The van der Waals surface area contributed by atoms with Crippen LogP contribution in [0.2, 0.25) is 0 Å². The molecule has 0 radical (unpaired) electrons. The molecule has 0 aromatic heterocycles. The number of alkyl carbamates (subject to hydrolysis) is 1. The first-order valence-electron chi connectivity index (χ1n) is 6.26. The molecule has 7 heteroatoms. The van der Waals surface area contributed by atoms with E-state index in [0.29, 0.717) is 19.4 Å². The molecule has 0 saturated carbocycles. The van der Waals surface area contributed by atoms with E-state index in [1.165, 1.54) is 12.0 Å². The Morgan fingerprint density at radius 2 is 2.00 bits per heavy atom. The van der Waals surface area contributed by atoms with Crippen LogP contribution in [0.15, 0.2) is 0 Å². The molecule has 1 rings (SSSR count). The Labute approximate surface area is 111 Å². The van der Waals surface area contributed by atoms with E-state index in [4.69, 9.17) is 5.11 Å². The Morgan fingerprint density at radius 3 is 2.47 bits per heavy atom. The number of nitrogens with one attached hydrogen (secondary N) is 1. The van der Waals surface area contributed by atoms with Gasteiger partial charge in [0, 0.05) is 6.54 Å². The molecule has 0 aromatic carbocycles. The van der Waals surface area contributed by atoms with Crippen molar-refractivity contribution >= 4 is 18.0 Å². The van der Waals surface area contributed by atoms with Crippen molar-refractivity contribution in [3.63, 3.8) is 0 Å². The highest BCUT2D eigenvalue weighted by Crippen LogP contribution is 2.20. The maximum absolute atomic E-state index is 12.3. The van der Waals surface area contributed by atoms with Crippen molar-refractivity contribution in [1.82, 2.24) is 10.2 Å². The van der Waals surface area contributed by atoms with E-state index in [1.54, 1.807) is 13.8 Å². The van der Waals surface area contributed by atoms with Crippen molar-refractivity contribution in [2.24, 2.45) is 5.92 Å². The van der Waals surface area contributed by atoms with Gasteiger partial charge in [-0.1, -0.05) is 13.8 Å². The molecule has 1 heterocycles. The second-order valence-corrected chi connectivity index (χ2v) is 4.89. The summed E-state index contributed by atoms with van der Waals surface area (Å²) in [5.74, 6) is -1.53. The van der Waals surface area contributed by atoms with E-state index in [2.05, 4.69) is 10.1 Å². The third kappa shape index (κ3) is 3.59. The summed E-state index contributed by atoms with van der Waals surface area (Å²) in [6.45, 7) is 3.97. The lowest BCUT2D eigenvalue weighted by molar-refractivity contribution is -0.149. The van der Waals surface area contributed by atoms with Gasteiger partial charge in [0.1, 0.15) is 12.1 Å². The minimum Gasteiger partial charge on any atom is -0.480 e. The van der Waals surface area contributed by atoms with Crippen molar-refractivity contribution in [2.45, 2.75) is 38.8 Å². The standard InChI is InChI=1S/C12H20N2O5/c1-7(2)9(13-12(18)19-3)10(15)14-6-4-5-8(14)11(16)17/h7-9H,4-6H2,1-3H3,(H,13,18)(H,16,17)/t8-,9+/m0/s1. The molecule has 0 spiro atoms. The van der Waals surface area contributed by atoms with Crippen LogP contribution in [0.5, 0.6) is 0 Å². The van der Waals surface area contributed by atoms with Crippen molar-refractivity contribution in [3.05, 3.63) is 0 Å². The van der Waals surface area contributed by atoms with Crippen molar-refractivity contribution in [3.8, 4) is 0 Å². The molecule has 0 unspecified atom stereocenters. The number of hydrogen-bond donors (Lipinski definition) is 2. The third-order valence-corrected chi connectivity index (χ3v) is 3.21. The number of amides is 2. The normalized spacial score (nSPS) is 20.2. The molecule has 0 aliphatic carbocycles. The summed E-state index contributed by atoms with van der Waals surface area (Å²) >= 11 is 0. The van der Waals surface area contributed by atoms with Gasteiger partial charge in [0.25, 0.3) is 0 Å². The maximum Gasteiger partial charge on any atom is 0.407 e. The number of carbonyl (C=O) groups excluding carboxylic acids is 2. The molecule has 1 fully saturated rings. The third-order valence-electron chi connectivity index (χ3n) is 3.21. The second kappa shape index (κ2) is 6.40. The minimum absolute atomic E-state index is 0.151. The van der Waals surface area contributed by atoms with Crippen LogP contribution >= 0.6 is 0 Å². The zero-order chi connectivity index (χ0) is 14.6. The Hall–Kier alpha value is -1.79. The molecule has 2 amide bonds. The van der Waals surface area contributed by atoms with Crippen LogP contribution in [0, 0.1) is 5.92 Å². The minimum atomic E-state index is -1.01. The molecule has 1 aliphatic heterocycles. The van der Waals surface area contributed by atoms with Gasteiger partial charge in [-0.25, -0.2) is 9.59 Å². The molecule has 19 heavy (non-hydrogen) atoms. The first kappa shape index (κ1) is 15.3. The molecular weight excluding hydrogens is 252 g/mol. The van der Waals surface area contributed by atoms with Gasteiger partial charge in [-0.2, -0.15) is 0 Å². The lowest BCUT2D eigenvalue weighted by Gasteiger charge is -2.28. The maximum atomic E-state index is 12.3. The largest absolute Gasteiger partial charge is 0.480 e. The van der Waals surface area contributed by atoms with E-state index >= 15 is 0 Å². The predicted octanol–water partition coefficient (Wildman–Crippen LogP) is 0.443. The Morgan fingerprint density at radius 1 is 1.37 bits per heavy atom. The number of ether oxygens (including phenoxy) is 1. The summed E-state index contributed by atoms with van der Waals surface area (Å²) in [5.41, 5.74) is 0. The van der Waals surface area contributed by atoms with Gasteiger partial charge in [-0.15, -0.1) is 0 Å². The van der Waals surface area contributed by atoms with Crippen LogP contribution in [0.3, 0.4) is 0 Å². The number of methoxy groups -OCH3 is 1. The van der Waals surface area contributed by atoms with Crippen LogP contribution in [0.25, 0.3) is 0 Å². The van der Waals surface area contributed by atoms with Gasteiger partial charge in [-0.05, 0) is 18.8 Å². The Kier molecular flexibility index (Phi) is 5.14. The number of likely N-dealkylation sites (tertiary alicyclic amines) is 1. The molecule has 2 atom stereocenters. The Balaban J connectivity index is 2.81. The highest BCUT2D eigenvalue weighted by Gasteiger charge is 2.38. The van der Waals surface area contributed by atoms with Crippen LogP contribution in [-0.4, -0.2) is 53.7 Å². The summed E-state index contributed by atoms with van der Waals surface area (Å²) < 4.78 is 4.48. The van der Waals surface area contributed by atoms with E-state index in [9.17, 15) is 14.4 Å². The number of carboxylic acid groups (broad SMARTS) is 1. The van der Waals surface area contributed by atoms with Gasteiger partial charge in [-0.3, -0.25) is 4.79 Å². The molecule has 7 nitrogen and oxygen atoms in total. The fourth-order valence-electron chi connectivity index (χ4n) is 2.17. The molecule has 1 aliphatic rings. The highest BCUT2D eigenvalue weighted by molar-refractivity contribution is 5.89. The average molecular weight is 272 g/mol. The molecule has 1 saturated heterocycles. The van der Waals surface area contributed by atoms with Crippen molar-refractivity contribution in [2.75, 3.05) is 13.7 Å². The number of hydrogen-bond acceptors (Lipinski definition) is 4. The van der Waals surface area contributed by atoms with E-state index in [-0.39, 0.29) is 11.8 Å². The lowest BCUT2D eigenvalue weighted by atomic mass is 10.0. The van der Waals surface area contributed by atoms with Crippen molar-refractivity contribution < 1.29 is 24.2 Å². The average Bonchev–Trinajstić information content (AvgIpc) is 2.83. The van der Waals surface area contributed by atoms with E-state index < -0.39 is 24.1 Å². The van der Waals surface area contributed by atoms with Crippen LogP contribution in [0.4, 0.5) is 4.79 Å². The summed E-state index contributed by atoms with van der Waals surface area (Å²) in [4.78, 5) is 36.0. The number of carboxylic acids is 1. The molecule has 108 valence electrons. The highest BCUT2D eigenvalue weighted by atomic mass is 16.5. The topological polar surface area (TPSA) is 95.9 Å². The van der Waals surface area contributed by atoms with Gasteiger partial charge in [0.05, 0.1) is 7.11 Å².